The monoisotopic (exact) mass is 251 g/mol. The van der Waals surface area contributed by atoms with Crippen LogP contribution >= 0.6 is 11.8 Å². The number of thioether (sulfide) groups is 1. The van der Waals surface area contributed by atoms with Gasteiger partial charge in [-0.2, -0.15) is 11.8 Å². The molecule has 4 nitrogen and oxygen atoms in total. The molecule has 0 saturated carbocycles. The van der Waals surface area contributed by atoms with Crippen molar-refractivity contribution in [3.63, 3.8) is 0 Å². The summed E-state index contributed by atoms with van der Waals surface area (Å²) in [5.74, 6) is 2.53. The van der Waals surface area contributed by atoms with Crippen molar-refractivity contribution in [3.05, 3.63) is 29.3 Å². The Morgan fingerprint density at radius 2 is 2.12 bits per heavy atom. The predicted molar refractivity (Wildman–Crippen MR) is 73.2 cm³/mol. The molecule has 0 bridgehead atoms. The van der Waals surface area contributed by atoms with Crippen LogP contribution in [-0.4, -0.2) is 35.6 Å². The van der Waals surface area contributed by atoms with Crippen LogP contribution in [0.4, 0.5) is 5.69 Å². The van der Waals surface area contributed by atoms with Gasteiger partial charge >= 0.3 is 0 Å². The molecule has 1 aliphatic heterocycles. The Bertz CT molecular complexity index is 428. The molecule has 1 aromatic rings. The standard InChI is InChI=1S/C12H17N3OS/c1-9-8-10(15-4-6-17-7-5-15)2-3-11(9)12(13)14-16/h2-3,8,16H,4-7H2,1H3,(H2,13,14). The van der Waals surface area contributed by atoms with Gasteiger partial charge in [0, 0.05) is 35.8 Å². The lowest BCUT2D eigenvalue weighted by molar-refractivity contribution is 0.318. The highest BCUT2D eigenvalue weighted by molar-refractivity contribution is 7.99. The highest BCUT2D eigenvalue weighted by atomic mass is 32.2. The number of amidine groups is 1. The van der Waals surface area contributed by atoms with Crippen LogP contribution in [0, 0.1) is 6.92 Å². The summed E-state index contributed by atoms with van der Waals surface area (Å²) in [5.41, 5.74) is 8.66. The lowest BCUT2D eigenvalue weighted by Crippen LogP contribution is -2.32. The Labute approximate surface area is 105 Å². The fraction of sp³-hybridized carbons (Fsp3) is 0.417. The fourth-order valence-electron chi connectivity index (χ4n) is 2.01. The van der Waals surface area contributed by atoms with Crippen molar-refractivity contribution in [1.29, 1.82) is 0 Å². The smallest absolute Gasteiger partial charge is 0.170 e. The minimum atomic E-state index is 0.170. The molecule has 0 aliphatic carbocycles. The third-order valence-electron chi connectivity index (χ3n) is 2.97. The number of nitrogens with zero attached hydrogens (tertiary/aromatic N) is 2. The van der Waals surface area contributed by atoms with E-state index in [2.05, 4.69) is 16.1 Å². The van der Waals surface area contributed by atoms with Crippen molar-refractivity contribution in [2.24, 2.45) is 10.9 Å². The van der Waals surface area contributed by atoms with E-state index in [1.807, 2.05) is 30.8 Å². The number of oxime groups is 1. The second kappa shape index (κ2) is 5.31. The van der Waals surface area contributed by atoms with Crippen LogP contribution in [0.3, 0.4) is 0 Å². The summed E-state index contributed by atoms with van der Waals surface area (Å²) in [6.45, 7) is 4.16. The minimum Gasteiger partial charge on any atom is -0.409 e. The highest BCUT2D eigenvalue weighted by Crippen LogP contribution is 2.22. The van der Waals surface area contributed by atoms with Crippen molar-refractivity contribution >= 4 is 23.3 Å². The molecule has 1 saturated heterocycles. The van der Waals surface area contributed by atoms with E-state index in [-0.39, 0.29) is 5.84 Å². The number of aryl methyl sites for hydroxylation is 1. The van der Waals surface area contributed by atoms with E-state index in [1.165, 1.54) is 17.2 Å². The van der Waals surface area contributed by atoms with Gasteiger partial charge in [-0.05, 0) is 30.7 Å². The molecule has 92 valence electrons. The number of anilines is 1. The molecular formula is C12H17N3OS. The molecular weight excluding hydrogens is 234 g/mol. The van der Waals surface area contributed by atoms with E-state index in [4.69, 9.17) is 10.9 Å². The second-order valence-corrected chi connectivity index (χ2v) is 5.31. The number of nitrogens with two attached hydrogens (primary N) is 1. The summed E-state index contributed by atoms with van der Waals surface area (Å²) in [7, 11) is 0. The van der Waals surface area contributed by atoms with E-state index in [0.717, 1.165) is 24.2 Å². The summed E-state index contributed by atoms with van der Waals surface area (Å²) >= 11 is 2.00. The van der Waals surface area contributed by atoms with E-state index >= 15 is 0 Å². The summed E-state index contributed by atoms with van der Waals surface area (Å²) in [4.78, 5) is 2.37. The molecule has 5 heteroatoms. The maximum atomic E-state index is 8.68. The van der Waals surface area contributed by atoms with Crippen LogP contribution in [0.1, 0.15) is 11.1 Å². The summed E-state index contributed by atoms with van der Waals surface area (Å²) < 4.78 is 0. The molecule has 3 N–H and O–H groups in total. The lowest BCUT2D eigenvalue weighted by atomic mass is 10.1. The van der Waals surface area contributed by atoms with Gasteiger partial charge in [-0.3, -0.25) is 0 Å². The summed E-state index contributed by atoms with van der Waals surface area (Å²) in [6, 6.07) is 6.06. The van der Waals surface area contributed by atoms with Gasteiger partial charge in [-0.1, -0.05) is 5.16 Å². The normalized spacial score (nSPS) is 17.2. The van der Waals surface area contributed by atoms with E-state index < -0.39 is 0 Å². The van der Waals surface area contributed by atoms with Crippen molar-refractivity contribution in [1.82, 2.24) is 0 Å². The molecule has 1 heterocycles. The van der Waals surface area contributed by atoms with Gasteiger partial charge in [0.2, 0.25) is 0 Å². The van der Waals surface area contributed by atoms with Gasteiger partial charge in [0.15, 0.2) is 5.84 Å². The number of hydrogen-bond donors (Lipinski definition) is 2. The Morgan fingerprint density at radius 1 is 1.41 bits per heavy atom. The van der Waals surface area contributed by atoms with Gasteiger partial charge in [-0.25, -0.2) is 0 Å². The molecule has 0 aromatic heterocycles. The van der Waals surface area contributed by atoms with Crippen molar-refractivity contribution < 1.29 is 5.21 Å². The Hall–Kier alpha value is -1.36. The van der Waals surface area contributed by atoms with Crippen LogP contribution in [0.25, 0.3) is 0 Å². The Morgan fingerprint density at radius 3 is 2.71 bits per heavy atom. The molecule has 1 aromatic carbocycles. The first kappa shape index (κ1) is 12.1. The number of rotatable bonds is 2. The maximum absolute atomic E-state index is 8.68. The minimum absolute atomic E-state index is 0.170. The average molecular weight is 251 g/mol. The maximum Gasteiger partial charge on any atom is 0.170 e. The van der Waals surface area contributed by atoms with Gasteiger partial charge in [-0.15, -0.1) is 0 Å². The van der Waals surface area contributed by atoms with Crippen LogP contribution in [0.2, 0.25) is 0 Å². The largest absolute Gasteiger partial charge is 0.409 e. The zero-order valence-corrected chi connectivity index (χ0v) is 10.7. The van der Waals surface area contributed by atoms with E-state index in [9.17, 15) is 0 Å². The van der Waals surface area contributed by atoms with Crippen molar-refractivity contribution in [3.8, 4) is 0 Å². The van der Waals surface area contributed by atoms with E-state index in [0.29, 0.717) is 0 Å². The van der Waals surface area contributed by atoms with Gasteiger partial charge in [0.1, 0.15) is 0 Å². The quantitative estimate of drug-likeness (QED) is 0.363. The van der Waals surface area contributed by atoms with Gasteiger partial charge in [0.25, 0.3) is 0 Å². The third-order valence-corrected chi connectivity index (χ3v) is 3.91. The Kier molecular flexibility index (Phi) is 3.78. The summed E-state index contributed by atoms with van der Waals surface area (Å²) in [6.07, 6.45) is 0. The fourth-order valence-corrected chi connectivity index (χ4v) is 2.91. The van der Waals surface area contributed by atoms with Crippen LogP contribution in [-0.2, 0) is 0 Å². The first-order valence-electron chi connectivity index (χ1n) is 5.63. The van der Waals surface area contributed by atoms with Gasteiger partial charge in [0.05, 0.1) is 0 Å². The zero-order valence-electron chi connectivity index (χ0n) is 9.89. The van der Waals surface area contributed by atoms with Crippen LogP contribution in [0.5, 0.6) is 0 Å². The summed E-state index contributed by atoms with van der Waals surface area (Å²) in [5, 5.41) is 11.7. The second-order valence-electron chi connectivity index (χ2n) is 4.08. The van der Waals surface area contributed by atoms with E-state index in [1.54, 1.807) is 0 Å². The lowest BCUT2D eigenvalue weighted by Gasteiger charge is -2.29. The number of benzene rings is 1. The predicted octanol–water partition coefficient (Wildman–Crippen LogP) is 1.64. The molecule has 0 unspecified atom stereocenters. The molecule has 2 rings (SSSR count). The molecule has 17 heavy (non-hydrogen) atoms. The third kappa shape index (κ3) is 2.66. The van der Waals surface area contributed by atoms with Gasteiger partial charge < -0.3 is 15.8 Å². The molecule has 0 spiro atoms. The number of hydrogen-bond acceptors (Lipinski definition) is 4. The molecule has 0 radical (unpaired) electrons. The first-order valence-corrected chi connectivity index (χ1v) is 6.79. The Balaban J connectivity index is 2.23. The highest BCUT2D eigenvalue weighted by Gasteiger charge is 2.12. The molecule has 1 fully saturated rings. The molecule has 0 atom stereocenters. The zero-order chi connectivity index (χ0) is 12.3. The van der Waals surface area contributed by atoms with Crippen LogP contribution in [0.15, 0.2) is 23.4 Å². The van der Waals surface area contributed by atoms with Crippen molar-refractivity contribution in [2.75, 3.05) is 29.5 Å². The van der Waals surface area contributed by atoms with Crippen LogP contribution < -0.4 is 10.6 Å². The topological polar surface area (TPSA) is 61.8 Å². The first-order chi connectivity index (χ1) is 8.22. The SMILES string of the molecule is Cc1cc(N2CCSCC2)ccc1/C(N)=N/O. The molecule has 0 amide bonds. The average Bonchev–Trinajstić information content (AvgIpc) is 2.39. The molecule has 1 aliphatic rings. The van der Waals surface area contributed by atoms with Crippen molar-refractivity contribution in [2.45, 2.75) is 6.92 Å².